The first-order valence-corrected chi connectivity index (χ1v) is 20.2. The van der Waals surface area contributed by atoms with Gasteiger partial charge in [0.15, 0.2) is 18.5 Å². The number of azide groups is 1. The molecule has 0 bridgehead atoms. The molecular formula is C46H51N3O13. The van der Waals surface area contributed by atoms with Crippen LogP contribution in [-0.4, -0.2) is 96.9 Å². The fourth-order valence-corrected chi connectivity index (χ4v) is 7.46. The van der Waals surface area contributed by atoms with Crippen molar-refractivity contribution in [3.8, 4) is 0 Å². The van der Waals surface area contributed by atoms with Gasteiger partial charge in [0, 0.05) is 25.7 Å². The molecule has 0 spiro atoms. The fraction of sp³-hybridized carbons (Fsp3) is 0.413. The number of esters is 3. The van der Waals surface area contributed by atoms with Crippen LogP contribution >= 0.6 is 0 Å². The van der Waals surface area contributed by atoms with Gasteiger partial charge in [-0.05, 0) is 27.8 Å². The van der Waals surface area contributed by atoms with Crippen molar-refractivity contribution < 1.29 is 62.1 Å². The van der Waals surface area contributed by atoms with Crippen LogP contribution in [0.4, 0.5) is 0 Å². The second kappa shape index (κ2) is 23.0. The van der Waals surface area contributed by atoms with Gasteiger partial charge in [-0.2, -0.15) is 0 Å². The molecule has 0 aromatic heterocycles. The van der Waals surface area contributed by atoms with Gasteiger partial charge in [0.25, 0.3) is 0 Å². The van der Waals surface area contributed by atoms with E-state index in [4.69, 9.17) is 42.6 Å². The van der Waals surface area contributed by atoms with Crippen LogP contribution in [-0.2, 0) is 83.4 Å². The van der Waals surface area contributed by atoms with Crippen LogP contribution in [0.1, 0.15) is 43.0 Å². The van der Waals surface area contributed by atoms with E-state index in [1.807, 2.05) is 121 Å². The number of nitrogens with zero attached hydrogens (tertiary/aromatic N) is 3. The SMILES string of the molecule is CC(=O)OC[C@H]1O[C@H](O[C@H]2[C@@H](O)[C@H](OCc3ccccc3)[C@H](OCc3ccccc3)[C@@H](OCc3ccccc3)[C@@H]2OCc2ccccc2)[C@H](N=[N+]=[N-])[C@@H](OC(C)=O)[C@@H]1OC(C)=O. The van der Waals surface area contributed by atoms with Crippen molar-refractivity contribution in [2.75, 3.05) is 6.61 Å². The quantitative estimate of drug-likeness (QED) is 0.0383. The Morgan fingerprint density at radius 1 is 0.565 bits per heavy atom. The van der Waals surface area contributed by atoms with Gasteiger partial charge < -0.3 is 47.7 Å². The van der Waals surface area contributed by atoms with Gasteiger partial charge in [-0.3, -0.25) is 14.4 Å². The molecule has 1 saturated carbocycles. The summed E-state index contributed by atoms with van der Waals surface area (Å²) in [5, 5.41) is 16.6. The lowest BCUT2D eigenvalue weighted by molar-refractivity contribution is -0.333. The molecule has 1 N–H and O–H groups in total. The zero-order valence-electron chi connectivity index (χ0n) is 34.6. The van der Waals surface area contributed by atoms with E-state index in [1.165, 1.54) is 6.92 Å². The van der Waals surface area contributed by atoms with Gasteiger partial charge in [0.2, 0.25) is 0 Å². The van der Waals surface area contributed by atoms with E-state index in [9.17, 15) is 25.0 Å². The monoisotopic (exact) mass is 853 g/mol. The van der Waals surface area contributed by atoms with E-state index in [-0.39, 0.29) is 26.4 Å². The first-order chi connectivity index (χ1) is 30.1. The summed E-state index contributed by atoms with van der Waals surface area (Å²) < 4.78 is 56.4. The number of hydrogen-bond donors (Lipinski definition) is 1. The predicted molar refractivity (Wildman–Crippen MR) is 220 cm³/mol. The Bertz CT molecular complexity index is 2060. The summed E-state index contributed by atoms with van der Waals surface area (Å²) in [5.74, 6) is -2.26. The zero-order valence-corrected chi connectivity index (χ0v) is 34.6. The summed E-state index contributed by atoms with van der Waals surface area (Å²) in [6.07, 6.45) is -13.0. The van der Waals surface area contributed by atoms with Gasteiger partial charge in [-0.25, -0.2) is 0 Å². The maximum absolute atomic E-state index is 12.7. The van der Waals surface area contributed by atoms with Crippen LogP contribution in [0.15, 0.2) is 126 Å². The maximum Gasteiger partial charge on any atom is 0.303 e. The summed E-state index contributed by atoms with van der Waals surface area (Å²) in [7, 11) is 0. The van der Waals surface area contributed by atoms with Gasteiger partial charge in [-0.1, -0.05) is 126 Å². The highest BCUT2D eigenvalue weighted by atomic mass is 16.7. The van der Waals surface area contributed by atoms with Crippen molar-refractivity contribution in [1.29, 1.82) is 0 Å². The van der Waals surface area contributed by atoms with E-state index in [0.29, 0.717) is 0 Å². The van der Waals surface area contributed by atoms with Crippen LogP contribution in [0.3, 0.4) is 0 Å². The zero-order chi connectivity index (χ0) is 43.8. The molecule has 1 aliphatic carbocycles. The van der Waals surface area contributed by atoms with Crippen molar-refractivity contribution in [3.63, 3.8) is 0 Å². The van der Waals surface area contributed by atoms with Crippen LogP contribution in [0.5, 0.6) is 0 Å². The number of carbonyl (C=O) groups is 3. The van der Waals surface area contributed by atoms with Gasteiger partial charge in [0.1, 0.15) is 55.4 Å². The largest absolute Gasteiger partial charge is 0.463 e. The van der Waals surface area contributed by atoms with Gasteiger partial charge in [0.05, 0.1) is 26.4 Å². The number of ether oxygens (including phenoxy) is 9. The number of benzene rings is 4. The third-order valence-corrected chi connectivity index (χ3v) is 10.3. The lowest BCUT2D eigenvalue weighted by atomic mass is 9.83. The number of hydrogen-bond acceptors (Lipinski definition) is 14. The molecular weight excluding hydrogens is 803 g/mol. The highest BCUT2D eigenvalue weighted by Gasteiger charge is 2.57. The lowest BCUT2D eigenvalue weighted by Crippen LogP contribution is -2.69. The summed E-state index contributed by atoms with van der Waals surface area (Å²) >= 11 is 0. The molecule has 0 radical (unpaired) electrons. The molecule has 2 fully saturated rings. The van der Waals surface area contributed by atoms with Crippen molar-refractivity contribution in [1.82, 2.24) is 0 Å². The Morgan fingerprint density at radius 2 is 0.952 bits per heavy atom. The summed E-state index contributed by atoms with van der Waals surface area (Å²) in [4.78, 5) is 40.0. The molecule has 62 heavy (non-hydrogen) atoms. The Labute approximate surface area is 359 Å². The Balaban J connectivity index is 1.45. The average Bonchev–Trinajstić information content (AvgIpc) is 3.27. The normalized spacial score (nSPS) is 27.0. The third kappa shape index (κ3) is 12.7. The lowest BCUT2D eigenvalue weighted by Gasteiger charge is -2.50. The number of aliphatic hydroxyl groups is 1. The molecule has 328 valence electrons. The third-order valence-electron chi connectivity index (χ3n) is 10.3. The second-order valence-corrected chi connectivity index (χ2v) is 14.8. The van der Waals surface area contributed by atoms with Crippen LogP contribution in [0.25, 0.3) is 10.4 Å². The molecule has 0 unspecified atom stereocenters. The van der Waals surface area contributed by atoms with E-state index < -0.39 is 91.8 Å². The number of carbonyl (C=O) groups excluding carboxylic acids is 3. The molecule has 11 atom stereocenters. The predicted octanol–water partition coefficient (Wildman–Crippen LogP) is 5.92. The van der Waals surface area contributed by atoms with Crippen LogP contribution in [0, 0.1) is 0 Å². The molecule has 4 aromatic rings. The standard InChI is InChI=1S/C46H51N3O13/c1-29(50)54-28-36-39(59-30(2)51)40(60-31(3)52)37(48-49-47)46(61-36)62-42-38(53)41(55-24-32-16-8-4-9-17-32)43(56-25-33-18-10-5-11-19-33)45(58-27-35-22-14-7-15-23-35)44(42)57-26-34-20-12-6-13-21-34/h4-23,36-46,53H,24-28H2,1-3H3/t36-,37-,38+,39-,40-,41+,42+,43+,44-,45-,46-/m1/s1. The fourth-order valence-electron chi connectivity index (χ4n) is 7.46. The molecule has 0 amide bonds. The molecule has 4 aromatic carbocycles. The van der Waals surface area contributed by atoms with Crippen LogP contribution < -0.4 is 0 Å². The van der Waals surface area contributed by atoms with E-state index in [1.54, 1.807) is 0 Å². The van der Waals surface area contributed by atoms with Crippen molar-refractivity contribution in [2.24, 2.45) is 5.11 Å². The molecule has 1 aliphatic heterocycles. The first-order valence-electron chi connectivity index (χ1n) is 20.2. The van der Waals surface area contributed by atoms with E-state index >= 15 is 0 Å². The second-order valence-electron chi connectivity index (χ2n) is 14.8. The minimum atomic E-state index is -1.63. The van der Waals surface area contributed by atoms with Gasteiger partial charge >= 0.3 is 17.9 Å². The molecule has 6 rings (SSSR count). The van der Waals surface area contributed by atoms with Crippen LogP contribution in [0.2, 0.25) is 0 Å². The van der Waals surface area contributed by atoms with Crippen molar-refractivity contribution in [3.05, 3.63) is 154 Å². The summed E-state index contributed by atoms with van der Waals surface area (Å²) in [6, 6.07) is 36.2. The smallest absolute Gasteiger partial charge is 0.303 e. The first kappa shape index (κ1) is 45.8. The summed E-state index contributed by atoms with van der Waals surface area (Å²) in [5.41, 5.74) is 13.2. The molecule has 16 heteroatoms. The molecule has 16 nitrogen and oxygen atoms in total. The molecule has 1 heterocycles. The molecule has 2 aliphatic rings. The Morgan fingerprint density at radius 3 is 1.35 bits per heavy atom. The average molecular weight is 854 g/mol. The highest BCUT2D eigenvalue weighted by Crippen LogP contribution is 2.38. The minimum Gasteiger partial charge on any atom is -0.463 e. The highest BCUT2D eigenvalue weighted by molar-refractivity contribution is 5.68. The van der Waals surface area contributed by atoms with E-state index in [2.05, 4.69) is 10.0 Å². The maximum atomic E-state index is 12.7. The van der Waals surface area contributed by atoms with Crippen molar-refractivity contribution >= 4 is 17.9 Å². The van der Waals surface area contributed by atoms with Gasteiger partial charge in [-0.15, -0.1) is 0 Å². The number of rotatable bonds is 19. The van der Waals surface area contributed by atoms with Crippen molar-refractivity contribution in [2.45, 2.75) is 114 Å². The Hall–Kier alpha value is -5.68. The summed E-state index contributed by atoms with van der Waals surface area (Å²) in [6.45, 7) is 3.28. The minimum absolute atomic E-state index is 0.0369. The topological polar surface area (TPSA) is 203 Å². The number of aliphatic hydroxyl groups excluding tert-OH is 1. The van der Waals surface area contributed by atoms with E-state index in [0.717, 1.165) is 36.1 Å². The Kier molecular flexibility index (Phi) is 17.0. The molecule has 1 saturated heterocycles.